The largest absolute Gasteiger partial charge is 0.493 e. The lowest BCUT2D eigenvalue weighted by atomic mass is 10.0. The molecule has 1 aliphatic heterocycles. The number of ether oxygens (including phenoxy) is 4. The molecular weight excluding hydrogens is 408 g/mol. The van der Waals surface area contributed by atoms with Crippen LogP contribution in [0.5, 0.6) is 17.2 Å². The third-order valence-corrected chi connectivity index (χ3v) is 5.38. The standard InChI is InChI=1S/C22H27ClN2O5/c1-27-19-12-16(13-20(28-2)21(19)29-3)22(26)24-14-18(25-8-10-30-11-9-25)15-4-6-17(23)7-5-15/h4-7,12-13,18H,8-11,14H2,1-3H3,(H,24,26)/t18-/m0/s1. The lowest BCUT2D eigenvalue weighted by Crippen LogP contribution is -2.43. The van der Waals surface area contributed by atoms with Crippen LogP contribution in [-0.4, -0.2) is 65.0 Å². The molecule has 1 amide bonds. The number of hydrogen-bond acceptors (Lipinski definition) is 6. The number of carbonyl (C=O) groups excluding carboxylic acids is 1. The van der Waals surface area contributed by atoms with Gasteiger partial charge in [0.2, 0.25) is 5.75 Å². The summed E-state index contributed by atoms with van der Waals surface area (Å²) in [5.41, 5.74) is 1.52. The molecule has 7 nitrogen and oxygen atoms in total. The molecule has 0 radical (unpaired) electrons. The minimum atomic E-state index is -0.221. The lowest BCUT2D eigenvalue weighted by molar-refractivity contribution is 0.0162. The van der Waals surface area contributed by atoms with Gasteiger partial charge in [-0.3, -0.25) is 9.69 Å². The molecule has 1 N–H and O–H groups in total. The summed E-state index contributed by atoms with van der Waals surface area (Å²) in [5.74, 6) is 1.10. The van der Waals surface area contributed by atoms with Crippen molar-refractivity contribution < 1.29 is 23.7 Å². The summed E-state index contributed by atoms with van der Waals surface area (Å²) in [5, 5.41) is 3.72. The van der Waals surface area contributed by atoms with E-state index in [1.807, 2.05) is 24.3 Å². The van der Waals surface area contributed by atoms with Gasteiger partial charge in [-0.25, -0.2) is 0 Å². The highest BCUT2D eigenvalue weighted by atomic mass is 35.5. The van der Waals surface area contributed by atoms with E-state index in [0.717, 1.165) is 18.7 Å². The van der Waals surface area contributed by atoms with Gasteiger partial charge >= 0.3 is 0 Å². The van der Waals surface area contributed by atoms with Crippen molar-refractivity contribution in [3.63, 3.8) is 0 Å². The average molecular weight is 435 g/mol. The van der Waals surface area contributed by atoms with E-state index in [9.17, 15) is 4.79 Å². The summed E-state index contributed by atoms with van der Waals surface area (Å²) in [6, 6.07) is 11.0. The smallest absolute Gasteiger partial charge is 0.251 e. The summed E-state index contributed by atoms with van der Waals surface area (Å²) >= 11 is 6.05. The molecule has 0 spiro atoms. The number of morpholine rings is 1. The molecule has 30 heavy (non-hydrogen) atoms. The van der Waals surface area contributed by atoms with E-state index < -0.39 is 0 Å². The summed E-state index contributed by atoms with van der Waals surface area (Å²) in [6.45, 7) is 3.38. The number of nitrogens with zero attached hydrogens (tertiary/aromatic N) is 1. The molecule has 0 aromatic heterocycles. The number of methoxy groups -OCH3 is 3. The van der Waals surface area contributed by atoms with E-state index in [0.29, 0.717) is 47.6 Å². The lowest BCUT2D eigenvalue weighted by Gasteiger charge is -2.35. The molecule has 0 saturated carbocycles. The second kappa shape index (κ2) is 10.5. The Hall–Kier alpha value is -2.48. The summed E-state index contributed by atoms with van der Waals surface area (Å²) in [4.78, 5) is 15.2. The first-order chi connectivity index (χ1) is 14.6. The molecule has 1 aliphatic rings. The highest BCUT2D eigenvalue weighted by molar-refractivity contribution is 6.30. The number of hydrogen-bond donors (Lipinski definition) is 1. The molecule has 1 fully saturated rings. The van der Waals surface area contributed by atoms with Crippen LogP contribution in [0.4, 0.5) is 0 Å². The average Bonchev–Trinajstić information content (AvgIpc) is 2.79. The Balaban J connectivity index is 1.79. The van der Waals surface area contributed by atoms with Crippen molar-refractivity contribution in [2.75, 3.05) is 54.2 Å². The van der Waals surface area contributed by atoms with Crippen LogP contribution < -0.4 is 19.5 Å². The van der Waals surface area contributed by atoms with Gasteiger partial charge in [0.1, 0.15) is 0 Å². The number of carbonyl (C=O) groups is 1. The Morgan fingerprint density at radius 2 is 1.67 bits per heavy atom. The Labute approximate surface area is 181 Å². The van der Waals surface area contributed by atoms with Crippen LogP contribution >= 0.6 is 11.6 Å². The maximum Gasteiger partial charge on any atom is 0.251 e. The van der Waals surface area contributed by atoms with E-state index in [4.69, 9.17) is 30.5 Å². The second-order valence-corrected chi connectivity index (χ2v) is 7.28. The number of benzene rings is 2. The van der Waals surface area contributed by atoms with Crippen molar-refractivity contribution in [2.24, 2.45) is 0 Å². The van der Waals surface area contributed by atoms with Crippen molar-refractivity contribution >= 4 is 17.5 Å². The first-order valence-electron chi connectivity index (χ1n) is 9.72. The Kier molecular flexibility index (Phi) is 7.79. The minimum Gasteiger partial charge on any atom is -0.493 e. The second-order valence-electron chi connectivity index (χ2n) is 6.84. The Bertz CT molecular complexity index is 828. The van der Waals surface area contributed by atoms with Gasteiger partial charge in [0.05, 0.1) is 40.6 Å². The normalized spacial score (nSPS) is 15.3. The van der Waals surface area contributed by atoms with Crippen LogP contribution in [-0.2, 0) is 4.74 Å². The van der Waals surface area contributed by atoms with Gasteiger partial charge in [0, 0.05) is 30.2 Å². The molecule has 0 aliphatic carbocycles. The van der Waals surface area contributed by atoms with Crippen LogP contribution in [0.15, 0.2) is 36.4 Å². The van der Waals surface area contributed by atoms with E-state index in [2.05, 4.69) is 10.2 Å². The summed E-state index contributed by atoms with van der Waals surface area (Å²) in [7, 11) is 4.57. The molecule has 0 bridgehead atoms. The van der Waals surface area contributed by atoms with Crippen LogP contribution in [0.25, 0.3) is 0 Å². The third kappa shape index (κ3) is 5.16. The monoisotopic (exact) mass is 434 g/mol. The van der Waals surface area contributed by atoms with Gasteiger partial charge in [-0.05, 0) is 29.8 Å². The number of nitrogens with one attached hydrogen (secondary N) is 1. The SMILES string of the molecule is COc1cc(C(=O)NC[C@@H](c2ccc(Cl)cc2)N2CCOCC2)cc(OC)c1OC. The zero-order valence-corrected chi connectivity index (χ0v) is 18.2. The molecule has 0 unspecified atom stereocenters. The number of halogens is 1. The minimum absolute atomic E-state index is 0.0113. The molecular formula is C22H27ClN2O5. The topological polar surface area (TPSA) is 69.3 Å². The van der Waals surface area contributed by atoms with Gasteiger partial charge in [-0.1, -0.05) is 23.7 Å². The Morgan fingerprint density at radius 1 is 1.07 bits per heavy atom. The first kappa shape index (κ1) is 22.2. The zero-order chi connectivity index (χ0) is 21.5. The van der Waals surface area contributed by atoms with E-state index >= 15 is 0 Å². The van der Waals surface area contributed by atoms with Crippen molar-refractivity contribution in [1.29, 1.82) is 0 Å². The third-order valence-electron chi connectivity index (χ3n) is 5.12. The fraction of sp³-hybridized carbons (Fsp3) is 0.409. The van der Waals surface area contributed by atoms with Gasteiger partial charge in [-0.2, -0.15) is 0 Å². The number of amides is 1. The molecule has 1 heterocycles. The predicted molar refractivity (Wildman–Crippen MR) is 115 cm³/mol. The molecule has 2 aromatic carbocycles. The van der Waals surface area contributed by atoms with Gasteiger partial charge in [-0.15, -0.1) is 0 Å². The van der Waals surface area contributed by atoms with Crippen molar-refractivity contribution in [3.8, 4) is 17.2 Å². The molecule has 3 rings (SSSR count). The van der Waals surface area contributed by atoms with Crippen molar-refractivity contribution in [3.05, 3.63) is 52.5 Å². The van der Waals surface area contributed by atoms with Gasteiger partial charge in [0.25, 0.3) is 5.91 Å². The first-order valence-corrected chi connectivity index (χ1v) is 10.1. The molecule has 1 saturated heterocycles. The molecule has 1 atom stereocenters. The summed E-state index contributed by atoms with van der Waals surface area (Å²) < 4.78 is 21.5. The maximum absolute atomic E-state index is 12.9. The molecule has 8 heteroatoms. The van der Waals surface area contributed by atoms with Crippen LogP contribution in [0, 0.1) is 0 Å². The molecule has 2 aromatic rings. The van der Waals surface area contributed by atoms with Crippen molar-refractivity contribution in [2.45, 2.75) is 6.04 Å². The number of rotatable bonds is 8. The van der Waals surface area contributed by atoms with Gasteiger partial charge in [0.15, 0.2) is 11.5 Å². The van der Waals surface area contributed by atoms with Gasteiger partial charge < -0.3 is 24.3 Å². The fourth-order valence-electron chi connectivity index (χ4n) is 3.54. The van der Waals surface area contributed by atoms with E-state index in [1.54, 1.807) is 12.1 Å². The van der Waals surface area contributed by atoms with Crippen molar-refractivity contribution in [1.82, 2.24) is 10.2 Å². The van der Waals surface area contributed by atoms with E-state index in [-0.39, 0.29) is 11.9 Å². The fourth-order valence-corrected chi connectivity index (χ4v) is 3.66. The predicted octanol–water partition coefficient (Wildman–Crippen LogP) is 3.17. The zero-order valence-electron chi connectivity index (χ0n) is 17.4. The maximum atomic E-state index is 12.9. The van der Waals surface area contributed by atoms with Crippen LogP contribution in [0.1, 0.15) is 22.0 Å². The Morgan fingerprint density at radius 3 is 2.20 bits per heavy atom. The van der Waals surface area contributed by atoms with E-state index in [1.165, 1.54) is 21.3 Å². The highest BCUT2D eigenvalue weighted by Crippen LogP contribution is 2.38. The molecule has 162 valence electrons. The quantitative estimate of drug-likeness (QED) is 0.688. The summed E-state index contributed by atoms with van der Waals surface area (Å²) in [6.07, 6.45) is 0. The van der Waals surface area contributed by atoms with Crippen LogP contribution in [0.3, 0.4) is 0 Å². The van der Waals surface area contributed by atoms with Crippen LogP contribution in [0.2, 0.25) is 5.02 Å². The highest BCUT2D eigenvalue weighted by Gasteiger charge is 2.24.